The summed E-state index contributed by atoms with van der Waals surface area (Å²) in [6.45, 7) is 2.50. The Bertz CT molecular complexity index is 1180. The maximum Gasteiger partial charge on any atom is 0.268 e. The van der Waals surface area contributed by atoms with Crippen LogP contribution < -0.4 is 5.32 Å². The van der Waals surface area contributed by atoms with Crippen LogP contribution in [0.4, 0.5) is 0 Å². The molecular weight excluding hydrogens is 370 g/mol. The van der Waals surface area contributed by atoms with Crippen LogP contribution >= 0.6 is 11.6 Å². The second-order valence-corrected chi connectivity index (χ2v) is 7.27. The molecule has 140 valence electrons. The molecule has 0 atom stereocenters. The summed E-state index contributed by atoms with van der Waals surface area (Å²) in [5.41, 5.74) is 5.81. The normalized spacial score (nSPS) is 11.0. The number of fused-ring (bicyclic) bond motifs is 1. The molecule has 0 aliphatic rings. The lowest BCUT2D eigenvalue weighted by atomic mass is 9.99. The zero-order valence-electron chi connectivity index (χ0n) is 15.7. The van der Waals surface area contributed by atoms with Crippen molar-refractivity contribution in [2.45, 2.75) is 13.5 Å². The molecule has 0 unspecified atom stereocenters. The van der Waals surface area contributed by atoms with Crippen molar-refractivity contribution in [2.24, 2.45) is 7.05 Å². The molecule has 4 nitrogen and oxygen atoms in total. The SMILES string of the molecule is Cc1ccccc1-c1cncc2c1cc(C(=O)NCc1cccc(Cl)c1)n2C. The van der Waals surface area contributed by atoms with Crippen LogP contribution in [0.15, 0.2) is 67.0 Å². The van der Waals surface area contributed by atoms with E-state index >= 15 is 0 Å². The molecule has 2 aromatic heterocycles. The maximum atomic E-state index is 12.8. The third-order valence-electron chi connectivity index (χ3n) is 4.98. The molecule has 0 radical (unpaired) electrons. The van der Waals surface area contributed by atoms with E-state index in [4.69, 9.17) is 11.6 Å². The minimum Gasteiger partial charge on any atom is -0.347 e. The number of rotatable bonds is 4. The van der Waals surface area contributed by atoms with Crippen molar-refractivity contribution in [3.8, 4) is 11.1 Å². The zero-order chi connectivity index (χ0) is 19.7. The van der Waals surface area contributed by atoms with Crippen molar-refractivity contribution >= 4 is 28.4 Å². The minimum absolute atomic E-state index is 0.130. The van der Waals surface area contributed by atoms with Crippen LogP contribution in [-0.4, -0.2) is 15.5 Å². The van der Waals surface area contributed by atoms with E-state index in [1.54, 1.807) is 6.20 Å². The van der Waals surface area contributed by atoms with Crippen molar-refractivity contribution in [1.82, 2.24) is 14.9 Å². The van der Waals surface area contributed by atoms with Gasteiger partial charge in [-0.25, -0.2) is 0 Å². The van der Waals surface area contributed by atoms with E-state index in [0.717, 1.165) is 27.6 Å². The van der Waals surface area contributed by atoms with Gasteiger partial charge in [0.1, 0.15) is 5.69 Å². The van der Waals surface area contributed by atoms with Crippen molar-refractivity contribution in [2.75, 3.05) is 0 Å². The molecule has 2 heterocycles. The Labute approximate surface area is 168 Å². The van der Waals surface area contributed by atoms with Gasteiger partial charge in [0.25, 0.3) is 5.91 Å². The Morgan fingerprint density at radius 3 is 2.68 bits per heavy atom. The predicted molar refractivity (Wildman–Crippen MR) is 114 cm³/mol. The molecule has 2 aromatic carbocycles. The van der Waals surface area contributed by atoms with Crippen LogP contribution in [0, 0.1) is 6.92 Å². The van der Waals surface area contributed by atoms with Gasteiger partial charge in [-0.2, -0.15) is 0 Å². The molecule has 0 saturated heterocycles. The van der Waals surface area contributed by atoms with Crippen LogP contribution in [0.1, 0.15) is 21.6 Å². The third kappa shape index (κ3) is 3.39. The summed E-state index contributed by atoms with van der Waals surface area (Å²) in [7, 11) is 1.89. The highest BCUT2D eigenvalue weighted by atomic mass is 35.5. The second-order valence-electron chi connectivity index (χ2n) is 6.84. The predicted octanol–water partition coefficient (Wildman–Crippen LogP) is 5.13. The number of benzene rings is 2. The Morgan fingerprint density at radius 1 is 1.07 bits per heavy atom. The van der Waals surface area contributed by atoms with Crippen LogP contribution in [0.5, 0.6) is 0 Å². The number of amides is 1. The van der Waals surface area contributed by atoms with E-state index in [0.29, 0.717) is 17.3 Å². The average Bonchev–Trinajstić information content (AvgIpc) is 3.04. The van der Waals surface area contributed by atoms with Crippen molar-refractivity contribution in [3.63, 3.8) is 0 Å². The number of carbonyl (C=O) groups is 1. The first-order chi connectivity index (χ1) is 13.5. The summed E-state index contributed by atoms with van der Waals surface area (Å²) in [5, 5.41) is 4.65. The first kappa shape index (κ1) is 18.3. The largest absolute Gasteiger partial charge is 0.347 e. The van der Waals surface area contributed by atoms with Gasteiger partial charge in [-0.3, -0.25) is 9.78 Å². The number of halogens is 1. The van der Waals surface area contributed by atoms with Gasteiger partial charge in [0.15, 0.2) is 0 Å². The molecule has 0 saturated carbocycles. The zero-order valence-corrected chi connectivity index (χ0v) is 16.5. The number of aromatic nitrogens is 2. The van der Waals surface area contributed by atoms with E-state index in [1.165, 1.54) is 5.56 Å². The lowest BCUT2D eigenvalue weighted by Crippen LogP contribution is -2.24. The van der Waals surface area contributed by atoms with E-state index in [2.05, 4.69) is 29.4 Å². The Balaban J connectivity index is 1.69. The standard InChI is InChI=1S/C23H20ClN3O/c1-15-6-3-4-9-18(15)20-13-25-14-22-19(20)11-21(27(22)2)23(28)26-12-16-7-5-8-17(24)10-16/h3-11,13-14H,12H2,1-2H3,(H,26,28). The van der Waals surface area contributed by atoms with Crippen LogP contribution in [0.2, 0.25) is 5.02 Å². The molecule has 28 heavy (non-hydrogen) atoms. The quantitative estimate of drug-likeness (QED) is 0.525. The van der Waals surface area contributed by atoms with E-state index < -0.39 is 0 Å². The number of aryl methyl sites for hydroxylation is 2. The summed E-state index contributed by atoms with van der Waals surface area (Å²) in [6, 6.07) is 17.6. The summed E-state index contributed by atoms with van der Waals surface area (Å²) in [4.78, 5) is 17.2. The molecule has 0 bridgehead atoms. The fourth-order valence-corrected chi connectivity index (χ4v) is 3.68. The second kappa shape index (κ2) is 7.49. The van der Waals surface area contributed by atoms with Gasteiger partial charge in [-0.15, -0.1) is 0 Å². The highest BCUT2D eigenvalue weighted by Gasteiger charge is 2.17. The molecule has 0 aliphatic carbocycles. The monoisotopic (exact) mass is 389 g/mol. The average molecular weight is 390 g/mol. The molecule has 4 aromatic rings. The van der Waals surface area contributed by atoms with Crippen molar-refractivity contribution < 1.29 is 4.79 Å². The van der Waals surface area contributed by atoms with E-state index in [-0.39, 0.29) is 5.91 Å². The molecule has 1 N–H and O–H groups in total. The van der Waals surface area contributed by atoms with Gasteiger partial charge in [-0.1, -0.05) is 48.0 Å². The number of nitrogens with zero attached hydrogens (tertiary/aromatic N) is 2. The van der Waals surface area contributed by atoms with Crippen LogP contribution in [0.3, 0.4) is 0 Å². The van der Waals surface area contributed by atoms with Gasteiger partial charge in [0.2, 0.25) is 0 Å². The molecule has 5 heteroatoms. The summed E-state index contributed by atoms with van der Waals surface area (Å²) < 4.78 is 1.89. The first-order valence-electron chi connectivity index (χ1n) is 9.06. The van der Waals surface area contributed by atoms with Crippen LogP contribution in [-0.2, 0) is 13.6 Å². The van der Waals surface area contributed by atoms with Gasteiger partial charge in [0, 0.05) is 35.8 Å². The summed E-state index contributed by atoms with van der Waals surface area (Å²) in [5.74, 6) is -0.130. The Kier molecular flexibility index (Phi) is 4.88. The maximum absolute atomic E-state index is 12.8. The van der Waals surface area contributed by atoms with Gasteiger partial charge >= 0.3 is 0 Å². The molecule has 4 rings (SSSR count). The minimum atomic E-state index is -0.130. The fraction of sp³-hybridized carbons (Fsp3) is 0.130. The summed E-state index contributed by atoms with van der Waals surface area (Å²) in [6.07, 6.45) is 3.66. The Hall–Kier alpha value is -3.11. The number of hydrogen-bond acceptors (Lipinski definition) is 2. The number of pyridine rings is 1. The molecule has 0 spiro atoms. The highest BCUT2D eigenvalue weighted by molar-refractivity contribution is 6.30. The van der Waals surface area contributed by atoms with Crippen LogP contribution in [0.25, 0.3) is 22.0 Å². The Morgan fingerprint density at radius 2 is 1.89 bits per heavy atom. The van der Waals surface area contributed by atoms with E-state index in [9.17, 15) is 4.79 Å². The molecular formula is C23H20ClN3O. The highest BCUT2D eigenvalue weighted by Crippen LogP contribution is 2.31. The number of hydrogen-bond donors (Lipinski definition) is 1. The van der Waals surface area contributed by atoms with Crippen molar-refractivity contribution in [3.05, 3.63) is 88.8 Å². The fourth-order valence-electron chi connectivity index (χ4n) is 3.47. The number of nitrogens with one attached hydrogen (secondary N) is 1. The summed E-state index contributed by atoms with van der Waals surface area (Å²) >= 11 is 6.02. The lowest BCUT2D eigenvalue weighted by molar-refractivity contribution is 0.0943. The topological polar surface area (TPSA) is 46.9 Å². The van der Waals surface area contributed by atoms with E-state index in [1.807, 2.05) is 60.3 Å². The first-order valence-corrected chi connectivity index (χ1v) is 9.44. The number of carbonyl (C=O) groups excluding carboxylic acids is 1. The lowest BCUT2D eigenvalue weighted by Gasteiger charge is -2.07. The van der Waals surface area contributed by atoms with Gasteiger partial charge in [-0.05, 0) is 41.8 Å². The molecule has 1 amide bonds. The van der Waals surface area contributed by atoms with Gasteiger partial charge < -0.3 is 9.88 Å². The molecule has 0 aliphatic heterocycles. The third-order valence-corrected chi connectivity index (χ3v) is 5.22. The smallest absolute Gasteiger partial charge is 0.268 e. The van der Waals surface area contributed by atoms with Gasteiger partial charge in [0.05, 0.1) is 11.7 Å². The molecule has 0 fully saturated rings. The van der Waals surface area contributed by atoms with Crippen molar-refractivity contribution in [1.29, 1.82) is 0 Å².